The van der Waals surface area contributed by atoms with Crippen molar-refractivity contribution >= 4 is 23.3 Å². The van der Waals surface area contributed by atoms with E-state index in [1.807, 2.05) is 0 Å². The van der Waals surface area contributed by atoms with Crippen LogP contribution >= 0.6 is 11.6 Å². The van der Waals surface area contributed by atoms with E-state index in [1.54, 1.807) is 18.2 Å². The van der Waals surface area contributed by atoms with Gasteiger partial charge in [-0.15, -0.1) is 0 Å². The molecule has 110 valence electrons. The van der Waals surface area contributed by atoms with Crippen molar-refractivity contribution < 1.29 is 9.53 Å². The summed E-state index contributed by atoms with van der Waals surface area (Å²) in [6, 6.07) is 5.66. The monoisotopic (exact) mass is 296 g/mol. The third-order valence-electron chi connectivity index (χ3n) is 3.84. The quantitative estimate of drug-likeness (QED) is 0.867. The molecular weight excluding hydrogens is 276 g/mol. The van der Waals surface area contributed by atoms with Crippen LogP contribution in [0.4, 0.5) is 5.69 Å². The Morgan fingerprint density at radius 1 is 1.50 bits per heavy atom. The van der Waals surface area contributed by atoms with Gasteiger partial charge in [0.1, 0.15) is 0 Å². The van der Waals surface area contributed by atoms with Crippen molar-refractivity contribution in [2.75, 3.05) is 32.6 Å². The number of anilines is 1. The number of likely N-dealkylation sites (tertiary alicyclic amines) is 1. The molecule has 1 unspecified atom stereocenters. The first-order chi connectivity index (χ1) is 9.61. The van der Waals surface area contributed by atoms with E-state index < -0.39 is 0 Å². The van der Waals surface area contributed by atoms with Crippen LogP contribution < -0.4 is 5.32 Å². The molecule has 1 fully saturated rings. The highest BCUT2D eigenvalue weighted by atomic mass is 35.5. The molecule has 0 amide bonds. The summed E-state index contributed by atoms with van der Waals surface area (Å²) in [5, 5.41) is 3.97. The number of nitrogens with zero attached hydrogens (tertiary/aromatic N) is 1. The largest absolute Gasteiger partial charge is 0.465 e. The van der Waals surface area contributed by atoms with Crippen LogP contribution in [0.3, 0.4) is 0 Å². The molecule has 4 nitrogen and oxygen atoms in total. The predicted octanol–water partition coefficient (Wildman–Crippen LogP) is 3.02. The predicted molar refractivity (Wildman–Crippen MR) is 81.6 cm³/mol. The van der Waals surface area contributed by atoms with E-state index in [-0.39, 0.29) is 5.97 Å². The molecule has 1 saturated heterocycles. The van der Waals surface area contributed by atoms with Crippen molar-refractivity contribution in [2.45, 2.75) is 25.3 Å². The van der Waals surface area contributed by atoms with E-state index in [2.05, 4.69) is 17.3 Å². The van der Waals surface area contributed by atoms with Gasteiger partial charge >= 0.3 is 5.97 Å². The van der Waals surface area contributed by atoms with Gasteiger partial charge < -0.3 is 15.0 Å². The third-order valence-corrected chi connectivity index (χ3v) is 4.17. The Morgan fingerprint density at radius 2 is 2.30 bits per heavy atom. The lowest BCUT2D eigenvalue weighted by atomic mass is 10.0. The molecular formula is C15H21ClN2O2. The van der Waals surface area contributed by atoms with Gasteiger partial charge in [-0.05, 0) is 44.6 Å². The van der Waals surface area contributed by atoms with Gasteiger partial charge in [0.15, 0.2) is 0 Å². The van der Waals surface area contributed by atoms with Crippen molar-refractivity contribution in [3.63, 3.8) is 0 Å². The van der Waals surface area contributed by atoms with Gasteiger partial charge in [0.05, 0.1) is 23.4 Å². The second-order valence-corrected chi connectivity index (χ2v) is 5.60. The van der Waals surface area contributed by atoms with Gasteiger partial charge in [-0.1, -0.05) is 18.0 Å². The maximum atomic E-state index is 11.5. The van der Waals surface area contributed by atoms with Crippen LogP contribution in [0.1, 0.15) is 29.6 Å². The molecule has 1 aromatic rings. The minimum absolute atomic E-state index is 0.348. The zero-order valence-corrected chi connectivity index (χ0v) is 12.7. The maximum absolute atomic E-state index is 11.5. The second kappa shape index (κ2) is 6.95. The maximum Gasteiger partial charge on any atom is 0.337 e. The number of esters is 1. The van der Waals surface area contributed by atoms with E-state index in [1.165, 1.54) is 26.4 Å². The minimum atomic E-state index is -0.348. The Hall–Kier alpha value is -1.26. The molecule has 0 aliphatic carbocycles. The van der Waals surface area contributed by atoms with Crippen LogP contribution in [0, 0.1) is 0 Å². The lowest BCUT2D eigenvalue weighted by Crippen LogP contribution is -2.40. The molecule has 0 bridgehead atoms. The van der Waals surface area contributed by atoms with Crippen molar-refractivity contribution in [3.8, 4) is 0 Å². The summed E-state index contributed by atoms with van der Waals surface area (Å²) in [5.41, 5.74) is 1.30. The molecule has 0 aromatic heterocycles. The van der Waals surface area contributed by atoms with Gasteiger partial charge in [0, 0.05) is 12.6 Å². The van der Waals surface area contributed by atoms with Gasteiger partial charge in [0.25, 0.3) is 0 Å². The van der Waals surface area contributed by atoms with Gasteiger partial charge in [-0.25, -0.2) is 4.79 Å². The average molecular weight is 297 g/mol. The number of likely N-dealkylation sites (N-methyl/N-ethyl adjacent to an activating group) is 1. The summed E-state index contributed by atoms with van der Waals surface area (Å²) in [6.07, 6.45) is 3.73. The van der Waals surface area contributed by atoms with E-state index in [0.29, 0.717) is 16.6 Å². The third kappa shape index (κ3) is 3.64. The standard InChI is InChI=1S/C15H21ClN2O2/c1-18-8-4-3-5-12(18)10-17-14-9-11(15(19)20-2)6-7-13(14)16/h6-7,9,12,17H,3-5,8,10H2,1-2H3. The minimum Gasteiger partial charge on any atom is -0.465 e. The van der Waals surface area contributed by atoms with Gasteiger partial charge in [-0.2, -0.15) is 0 Å². The molecule has 1 heterocycles. The highest BCUT2D eigenvalue weighted by Gasteiger charge is 2.19. The zero-order chi connectivity index (χ0) is 14.5. The number of methoxy groups -OCH3 is 1. The molecule has 1 aliphatic heterocycles. The fourth-order valence-corrected chi connectivity index (χ4v) is 2.72. The van der Waals surface area contributed by atoms with Crippen molar-refractivity contribution in [1.82, 2.24) is 4.90 Å². The van der Waals surface area contributed by atoms with Crippen molar-refractivity contribution in [3.05, 3.63) is 28.8 Å². The van der Waals surface area contributed by atoms with Crippen molar-refractivity contribution in [1.29, 1.82) is 0 Å². The number of benzene rings is 1. The number of nitrogens with one attached hydrogen (secondary N) is 1. The highest BCUT2D eigenvalue weighted by Crippen LogP contribution is 2.24. The first kappa shape index (κ1) is 15.1. The second-order valence-electron chi connectivity index (χ2n) is 5.20. The summed E-state index contributed by atoms with van der Waals surface area (Å²) in [5.74, 6) is -0.348. The van der Waals surface area contributed by atoms with Crippen LogP contribution in [0.2, 0.25) is 5.02 Å². The van der Waals surface area contributed by atoms with E-state index in [0.717, 1.165) is 18.8 Å². The average Bonchev–Trinajstić information content (AvgIpc) is 2.47. The Balaban J connectivity index is 2.02. The Bertz CT molecular complexity index is 479. The van der Waals surface area contributed by atoms with E-state index in [4.69, 9.17) is 16.3 Å². The number of ether oxygens (including phenoxy) is 1. The van der Waals surface area contributed by atoms with Gasteiger partial charge in [-0.3, -0.25) is 0 Å². The number of carbonyl (C=O) groups excluding carboxylic acids is 1. The fraction of sp³-hybridized carbons (Fsp3) is 0.533. The van der Waals surface area contributed by atoms with Crippen LogP contribution in [-0.4, -0.2) is 44.2 Å². The molecule has 1 atom stereocenters. The lowest BCUT2D eigenvalue weighted by molar-refractivity contribution is 0.0601. The number of hydrogen-bond acceptors (Lipinski definition) is 4. The normalized spacial score (nSPS) is 19.6. The number of hydrogen-bond donors (Lipinski definition) is 1. The Labute approximate surface area is 125 Å². The molecule has 0 spiro atoms. The molecule has 2 rings (SSSR count). The molecule has 1 N–H and O–H groups in total. The zero-order valence-electron chi connectivity index (χ0n) is 12.0. The number of carbonyl (C=O) groups is 1. The molecule has 1 aliphatic rings. The van der Waals surface area contributed by atoms with E-state index in [9.17, 15) is 4.79 Å². The first-order valence-corrected chi connectivity index (χ1v) is 7.31. The summed E-state index contributed by atoms with van der Waals surface area (Å²) in [7, 11) is 3.53. The van der Waals surface area contributed by atoms with Crippen molar-refractivity contribution in [2.24, 2.45) is 0 Å². The van der Waals surface area contributed by atoms with E-state index >= 15 is 0 Å². The van der Waals surface area contributed by atoms with Gasteiger partial charge in [0.2, 0.25) is 0 Å². The van der Waals surface area contributed by atoms with Crippen LogP contribution in [0.5, 0.6) is 0 Å². The van der Waals surface area contributed by atoms with Crippen LogP contribution in [-0.2, 0) is 4.74 Å². The molecule has 0 saturated carbocycles. The Kier molecular flexibility index (Phi) is 5.26. The summed E-state index contributed by atoms with van der Waals surface area (Å²) < 4.78 is 4.72. The van der Waals surface area contributed by atoms with Crippen LogP contribution in [0.25, 0.3) is 0 Å². The molecule has 5 heteroatoms. The number of piperidine rings is 1. The number of rotatable bonds is 4. The molecule has 1 aromatic carbocycles. The van der Waals surface area contributed by atoms with Crippen LogP contribution in [0.15, 0.2) is 18.2 Å². The molecule has 0 radical (unpaired) electrons. The first-order valence-electron chi connectivity index (χ1n) is 6.94. The topological polar surface area (TPSA) is 41.6 Å². The SMILES string of the molecule is COC(=O)c1ccc(Cl)c(NCC2CCCCN2C)c1. The highest BCUT2D eigenvalue weighted by molar-refractivity contribution is 6.33. The summed E-state index contributed by atoms with van der Waals surface area (Å²) in [6.45, 7) is 1.98. The summed E-state index contributed by atoms with van der Waals surface area (Å²) >= 11 is 6.17. The fourth-order valence-electron chi connectivity index (χ4n) is 2.54. The lowest BCUT2D eigenvalue weighted by Gasteiger charge is -2.32. The Morgan fingerprint density at radius 3 is 3.00 bits per heavy atom. The molecule has 20 heavy (non-hydrogen) atoms. The smallest absolute Gasteiger partial charge is 0.337 e. The summed E-state index contributed by atoms with van der Waals surface area (Å²) in [4.78, 5) is 13.9. The number of halogens is 1.